The van der Waals surface area contributed by atoms with E-state index in [0.29, 0.717) is 33.6 Å². The fourth-order valence-electron chi connectivity index (χ4n) is 4.55. The van der Waals surface area contributed by atoms with Gasteiger partial charge in [0.1, 0.15) is 23.8 Å². The van der Waals surface area contributed by atoms with Gasteiger partial charge < -0.3 is 20.5 Å². The Hall–Kier alpha value is -4.85. The van der Waals surface area contributed by atoms with Crippen LogP contribution in [0.4, 0.5) is 34.8 Å². The van der Waals surface area contributed by atoms with Gasteiger partial charge in [-0.2, -0.15) is 13.2 Å². The molecule has 1 aliphatic carbocycles. The Morgan fingerprint density at radius 3 is 2.51 bits per heavy atom. The standard InChI is InChI=1S/C29H23F4N7O2S/c1-14-11-40(15(2)36-14)20-8-16(7-17(9-20)29(31,32)33)27(41)38-19-5-6-22(30)23(10-19)39-28(42)21-12-43-25-24(21)34-13-35-26(25)37-18-3-4-18/h5-13,18H,3-4H2,1-2H3,(H,38,41)(H,39,42)(H,34,35,37). The molecule has 9 nitrogen and oxygen atoms in total. The van der Waals surface area contributed by atoms with E-state index in [0.717, 1.165) is 31.0 Å². The summed E-state index contributed by atoms with van der Waals surface area (Å²) in [5.41, 5.74) is -0.135. The fraction of sp³-hybridized carbons (Fsp3) is 0.207. The maximum atomic E-state index is 14.7. The molecule has 220 valence electrons. The number of aromatic nitrogens is 4. The summed E-state index contributed by atoms with van der Waals surface area (Å²) in [5, 5.41) is 9.90. The van der Waals surface area contributed by atoms with E-state index in [9.17, 15) is 27.2 Å². The van der Waals surface area contributed by atoms with Gasteiger partial charge in [0, 0.05) is 34.6 Å². The molecule has 1 saturated carbocycles. The van der Waals surface area contributed by atoms with Crippen LogP contribution in [-0.4, -0.2) is 37.4 Å². The lowest BCUT2D eigenvalue weighted by atomic mass is 10.1. The number of hydrogen-bond donors (Lipinski definition) is 3. The van der Waals surface area contributed by atoms with Crippen molar-refractivity contribution in [3.63, 3.8) is 0 Å². The molecule has 1 aliphatic rings. The lowest BCUT2D eigenvalue weighted by Gasteiger charge is -2.14. The number of imidazole rings is 1. The number of aryl methyl sites for hydroxylation is 2. The number of anilines is 3. The van der Waals surface area contributed by atoms with Gasteiger partial charge in [-0.1, -0.05) is 0 Å². The number of hydrogen-bond acceptors (Lipinski definition) is 7. The number of benzene rings is 2. The van der Waals surface area contributed by atoms with Crippen LogP contribution in [0.2, 0.25) is 0 Å². The Morgan fingerprint density at radius 2 is 1.81 bits per heavy atom. The van der Waals surface area contributed by atoms with E-state index < -0.39 is 29.4 Å². The molecule has 1 fully saturated rings. The second kappa shape index (κ2) is 10.8. The number of alkyl halides is 3. The zero-order valence-corrected chi connectivity index (χ0v) is 23.5. The van der Waals surface area contributed by atoms with Crippen molar-refractivity contribution >= 4 is 50.6 Å². The minimum atomic E-state index is -4.71. The zero-order valence-electron chi connectivity index (χ0n) is 22.7. The molecule has 14 heteroatoms. The Labute approximate surface area is 246 Å². The summed E-state index contributed by atoms with van der Waals surface area (Å²) in [6.07, 6.45) is 0.272. The molecule has 0 aliphatic heterocycles. The average molecular weight is 610 g/mol. The third-order valence-corrected chi connectivity index (χ3v) is 7.75. The molecule has 3 aromatic heterocycles. The van der Waals surface area contributed by atoms with Crippen molar-refractivity contribution in [3.05, 3.63) is 88.3 Å². The molecule has 0 bridgehead atoms. The van der Waals surface area contributed by atoms with Gasteiger partial charge in [0.05, 0.1) is 32.7 Å². The molecule has 3 N–H and O–H groups in total. The first kappa shape index (κ1) is 28.3. The maximum absolute atomic E-state index is 14.7. The van der Waals surface area contributed by atoms with Gasteiger partial charge in [0.2, 0.25) is 0 Å². The molecule has 5 aromatic rings. The van der Waals surface area contributed by atoms with E-state index >= 15 is 0 Å². The van der Waals surface area contributed by atoms with Crippen molar-refractivity contribution in [1.82, 2.24) is 19.5 Å². The lowest BCUT2D eigenvalue weighted by molar-refractivity contribution is -0.137. The molecule has 3 heterocycles. The molecule has 0 radical (unpaired) electrons. The van der Waals surface area contributed by atoms with Crippen LogP contribution in [0.15, 0.2) is 54.3 Å². The van der Waals surface area contributed by atoms with Crippen molar-refractivity contribution in [2.75, 3.05) is 16.0 Å². The van der Waals surface area contributed by atoms with Crippen LogP contribution < -0.4 is 16.0 Å². The number of thiophene rings is 1. The van der Waals surface area contributed by atoms with Crippen LogP contribution in [0, 0.1) is 19.7 Å². The third kappa shape index (κ3) is 5.91. The molecule has 0 atom stereocenters. The monoisotopic (exact) mass is 609 g/mol. The van der Waals surface area contributed by atoms with E-state index in [-0.39, 0.29) is 28.2 Å². The highest BCUT2D eigenvalue weighted by Gasteiger charge is 2.32. The Morgan fingerprint density at radius 1 is 1.02 bits per heavy atom. The van der Waals surface area contributed by atoms with Crippen molar-refractivity contribution in [2.45, 2.75) is 38.9 Å². The molecular weight excluding hydrogens is 586 g/mol. The van der Waals surface area contributed by atoms with Crippen molar-refractivity contribution in [1.29, 1.82) is 0 Å². The predicted molar refractivity (Wildman–Crippen MR) is 154 cm³/mol. The molecule has 43 heavy (non-hydrogen) atoms. The SMILES string of the molecule is Cc1cn(-c2cc(C(=O)Nc3ccc(F)c(NC(=O)c4csc5c(NC6CC6)ncnc45)c3)cc(C(F)(F)F)c2)c(C)n1. The molecule has 0 unspecified atom stereocenters. The van der Waals surface area contributed by atoms with E-state index in [1.807, 2.05) is 0 Å². The van der Waals surface area contributed by atoms with E-state index in [1.165, 1.54) is 40.4 Å². The number of halogens is 4. The second-order valence-corrected chi connectivity index (χ2v) is 11.0. The van der Waals surface area contributed by atoms with E-state index in [1.54, 1.807) is 25.4 Å². The Bertz CT molecular complexity index is 1900. The highest BCUT2D eigenvalue weighted by molar-refractivity contribution is 7.18. The fourth-order valence-corrected chi connectivity index (χ4v) is 5.50. The largest absolute Gasteiger partial charge is 0.416 e. The number of carbonyl (C=O) groups is 2. The second-order valence-electron chi connectivity index (χ2n) is 10.1. The average Bonchev–Trinajstić information content (AvgIpc) is 3.55. The summed E-state index contributed by atoms with van der Waals surface area (Å²) in [6, 6.07) is 6.77. The summed E-state index contributed by atoms with van der Waals surface area (Å²) >= 11 is 1.28. The van der Waals surface area contributed by atoms with Gasteiger partial charge in [0.25, 0.3) is 11.8 Å². The first-order chi connectivity index (χ1) is 20.5. The predicted octanol–water partition coefficient (Wildman–Crippen LogP) is 6.73. The van der Waals surface area contributed by atoms with Crippen LogP contribution >= 0.6 is 11.3 Å². The molecule has 2 aromatic carbocycles. The van der Waals surface area contributed by atoms with Crippen LogP contribution in [0.5, 0.6) is 0 Å². The quantitative estimate of drug-likeness (QED) is 0.176. The van der Waals surface area contributed by atoms with E-state index in [2.05, 4.69) is 30.9 Å². The van der Waals surface area contributed by atoms with Gasteiger partial charge in [-0.3, -0.25) is 9.59 Å². The molecular formula is C29H23F4N7O2S. The number of rotatable bonds is 7. The van der Waals surface area contributed by atoms with Gasteiger partial charge in [-0.05, 0) is 63.1 Å². The van der Waals surface area contributed by atoms with Gasteiger partial charge in [-0.25, -0.2) is 19.3 Å². The summed E-state index contributed by atoms with van der Waals surface area (Å²) in [4.78, 5) is 39.0. The first-order valence-corrected chi connectivity index (χ1v) is 14.0. The number of amides is 2. The van der Waals surface area contributed by atoms with Crippen LogP contribution in [-0.2, 0) is 6.18 Å². The normalized spacial score (nSPS) is 13.3. The van der Waals surface area contributed by atoms with Crippen molar-refractivity contribution in [3.8, 4) is 5.69 Å². The topological polar surface area (TPSA) is 114 Å². The Balaban J connectivity index is 1.25. The van der Waals surface area contributed by atoms with Crippen LogP contribution in [0.25, 0.3) is 15.9 Å². The molecule has 0 saturated heterocycles. The number of nitrogens with zero attached hydrogens (tertiary/aromatic N) is 4. The van der Waals surface area contributed by atoms with Crippen LogP contribution in [0.1, 0.15) is 50.6 Å². The van der Waals surface area contributed by atoms with Crippen molar-refractivity contribution < 1.29 is 27.2 Å². The number of carbonyl (C=O) groups excluding carboxylic acids is 2. The minimum absolute atomic E-state index is 0.0590. The van der Waals surface area contributed by atoms with Crippen molar-refractivity contribution in [2.24, 2.45) is 0 Å². The number of fused-ring (bicyclic) bond motifs is 1. The summed E-state index contributed by atoms with van der Waals surface area (Å²) in [5.74, 6) is -1.19. The zero-order chi connectivity index (χ0) is 30.5. The molecule has 2 amide bonds. The summed E-state index contributed by atoms with van der Waals surface area (Å²) in [6.45, 7) is 3.34. The van der Waals surface area contributed by atoms with Crippen LogP contribution in [0.3, 0.4) is 0 Å². The number of nitrogens with one attached hydrogen (secondary N) is 3. The molecule has 6 rings (SSSR count). The summed E-state index contributed by atoms with van der Waals surface area (Å²) < 4.78 is 58.1. The van der Waals surface area contributed by atoms with Gasteiger partial charge in [0.15, 0.2) is 0 Å². The van der Waals surface area contributed by atoms with Gasteiger partial charge in [-0.15, -0.1) is 11.3 Å². The summed E-state index contributed by atoms with van der Waals surface area (Å²) in [7, 11) is 0. The van der Waals surface area contributed by atoms with Gasteiger partial charge >= 0.3 is 6.18 Å². The molecule has 0 spiro atoms. The highest BCUT2D eigenvalue weighted by atomic mass is 32.1. The smallest absolute Gasteiger partial charge is 0.366 e. The highest BCUT2D eigenvalue weighted by Crippen LogP contribution is 2.34. The Kier molecular flexibility index (Phi) is 7.08. The third-order valence-electron chi connectivity index (χ3n) is 6.78. The maximum Gasteiger partial charge on any atom is 0.416 e. The van der Waals surface area contributed by atoms with E-state index in [4.69, 9.17) is 0 Å². The first-order valence-electron chi connectivity index (χ1n) is 13.1. The lowest BCUT2D eigenvalue weighted by Crippen LogP contribution is -2.16. The minimum Gasteiger partial charge on any atom is -0.366 e.